The van der Waals surface area contributed by atoms with Crippen molar-refractivity contribution < 1.29 is 4.92 Å². The first kappa shape index (κ1) is 25.7. The molecule has 0 aliphatic rings. The monoisotopic (exact) mass is 430 g/mol. The van der Waals surface area contributed by atoms with E-state index in [1.54, 1.807) is 12.1 Å². The topological polar surface area (TPSA) is 121 Å². The van der Waals surface area contributed by atoms with E-state index >= 15 is 0 Å². The Bertz CT molecular complexity index is 1150. The fourth-order valence-electron chi connectivity index (χ4n) is 3.07. The molecular formula is C26H30N4O2. The molecule has 0 radical (unpaired) electrons. The van der Waals surface area contributed by atoms with E-state index in [2.05, 4.69) is 0 Å². The van der Waals surface area contributed by atoms with E-state index in [0.717, 1.165) is 16.7 Å². The number of para-hydroxylation sites is 2. The number of hydrogen-bond acceptors (Lipinski definition) is 5. The Morgan fingerprint density at radius 1 is 0.562 bits per heavy atom. The number of nitro benzene ring substituents is 1. The molecule has 6 N–H and O–H groups in total. The van der Waals surface area contributed by atoms with Gasteiger partial charge in [-0.2, -0.15) is 0 Å². The van der Waals surface area contributed by atoms with Gasteiger partial charge in [-0.25, -0.2) is 0 Å². The lowest BCUT2D eigenvalue weighted by Crippen LogP contribution is -1.97. The number of nitrogens with zero attached hydrogens (tertiary/aromatic N) is 1. The average molecular weight is 431 g/mol. The molecule has 0 atom stereocenters. The molecule has 0 spiro atoms. The van der Waals surface area contributed by atoms with Gasteiger partial charge in [0.25, 0.3) is 5.69 Å². The minimum absolute atomic E-state index is 0. The first-order chi connectivity index (χ1) is 14.5. The van der Waals surface area contributed by atoms with Crippen LogP contribution in [0.25, 0.3) is 22.3 Å². The van der Waals surface area contributed by atoms with Crippen LogP contribution < -0.4 is 17.2 Å². The van der Waals surface area contributed by atoms with Crippen LogP contribution >= 0.6 is 0 Å². The quantitative estimate of drug-likeness (QED) is 0.191. The highest BCUT2D eigenvalue weighted by molar-refractivity contribution is 5.84. The fraction of sp³-hybridized carbons (Fsp3) is 0.0769. The van der Waals surface area contributed by atoms with Crippen LogP contribution in [0.1, 0.15) is 14.9 Å². The van der Waals surface area contributed by atoms with E-state index in [0.29, 0.717) is 16.9 Å². The zero-order chi connectivity index (χ0) is 21.5. The van der Waals surface area contributed by atoms with Gasteiger partial charge in [-0.05, 0) is 29.3 Å². The van der Waals surface area contributed by atoms with E-state index in [9.17, 15) is 10.1 Å². The molecule has 6 nitrogen and oxygen atoms in total. The second-order valence-corrected chi connectivity index (χ2v) is 6.54. The number of benzene rings is 4. The molecule has 0 bridgehead atoms. The van der Waals surface area contributed by atoms with Gasteiger partial charge in [-0.1, -0.05) is 93.7 Å². The molecule has 4 rings (SSSR count). The first-order valence-corrected chi connectivity index (χ1v) is 9.26. The Kier molecular flexibility index (Phi) is 9.45. The molecule has 0 aliphatic heterocycles. The van der Waals surface area contributed by atoms with Crippen molar-refractivity contribution in [2.24, 2.45) is 0 Å². The van der Waals surface area contributed by atoms with Crippen LogP contribution in [0.15, 0.2) is 97.1 Å². The molecule has 166 valence electrons. The number of anilines is 3. The Labute approximate surface area is 189 Å². The van der Waals surface area contributed by atoms with E-state index < -0.39 is 4.92 Å². The molecular weight excluding hydrogens is 400 g/mol. The summed E-state index contributed by atoms with van der Waals surface area (Å²) in [6.45, 7) is 0. The zero-order valence-electron chi connectivity index (χ0n) is 16.2. The van der Waals surface area contributed by atoms with Crippen molar-refractivity contribution in [3.63, 3.8) is 0 Å². The summed E-state index contributed by atoms with van der Waals surface area (Å²) in [7, 11) is 0. The third kappa shape index (κ3) is 5.86. The number of nitrogens with two attached hydrogens (primary N) is 3. The number of rotatable bonds is 3. The van der Waals surface area contributed by atoms with Crippen LogP contribution in [0, 0.1) is 10.1 Å². The second kappa shape index (κ2) is 11.8. The van der Waals surface area contributed by atoms with Crippen molar-refractivity contribution in [1.29, 1.82) is 0 Å². The van der Waals surface area contributed by atoms with Crippen LogP contribution in [0.4, 0.5) is 22.7 Å². The molecule has 0 amide bonds. The van der Waals surface area contributed by atoms with Crippen LogP contribution in [-0.4, -0.2) is 4.92 Å². The van der Waals surface area contributed by atoms with Gasteiger partial charge in [0.05, 0.1) is 21.9 Å². The summed E-state index contributed by atoms with van der Waals surface area (Å²) in [5.41, 5.74) is 22.1. The summed E-state index contributed by atoms with van der Waals surface area (Å²) in [6, 6.07) is 29.8. The predicted molar refractivity (Wildman–Crippen MR) is 137 cm³/mol. The zero-order valence-corrected chi connectivity index (χ0v) is 16.2. The van der Waals surface area contributed by atoms with Crippen molar-refractivity contribution in [2.45, 2.75) is 14.9 Å². The van der Waals surface area contributed by atoms with Crippen LogP contribution in [0.3, 0.4) is 0 Å². The molecule has 6 heteroatoms. The van der Waals surface area contributed by atoms with E-state index in [4.69, 9.17) is 17.2 Å². The maximum atomic E-state index is 10.9. The van der Waals surface area contributed by atoms with Gasteiger partial charge in [0.15, 0.2) is 0 Å². The molecule has 0 unspecified atom stereocenters. The first-order valence-electron chi connectivity index (χ1n) is 9.26. The van der Waals surface area contributed by atoms with Crippen molar-refractivity contribution >= 4 is 22.7 Å². The highest BCUT2D eigenvalue weighted by Gasteiger charge is 2.18. The van der Waals surface area contributed by atoms with Gasteiger partial charge in [-0.15, -0.1) is 0 Å². The number of nitrogen functional groups attached to an aromatic ring is 3. The van der Waals surface area contributed by atoms with Gasteiger partial charge in [-0.3, -0.25) is 10.1 Å². The highest BCUT2D eigenvalue weighted by atomic mass is 16.6. The third-order valence-electron chi connectivity index (χ3n) is 4.56. The Morgan fingerprint density at radius 2 is 1.00 bits per heavy atom. The van der Waals surface area contributed by atoms with Gasteiger partial charge in [0.2, 0.25) is 0 Å². The minimum atomic E-state index is -0.447. The molecule has 0 heterocycles. The van der Waals surface area contributed by atoms with Crippen molar-refractivity contribution in [2.75, 3.05) is 17.2 Å². The number of hydrogen-bond donors (Lipinski definition) is 3. The average Bonchev–Trinajstić information content (AvgIpc) is 2.77. The summed E-state index contributed by atoms with van der Waals surface area (Å²) in [6.07, 6.45) is 0. The van der Waals surface area contributed by atoms with Crippen molar-refractivity contribution in [3.8, 4) is 22.3 Å². The minimum Gasteiger partial charge on any atom is -0.397 e. The molecule has 0 fully saturated rings. The predicted octanol–water partition coefficient (Wildman–Crippen LogP) is 6.63. The van der Waals surface area contributed by atoms with Crippen molar-refractivity contribution in [1.82, 2.24) is 0 Å². The van der Waals surface area contributed by atoms with Crippen LogP contribution in [-0.2, 0) is 0 Å². The Balaban J connectivity index is 0.000000303. The van der Waals surface area contributed by atoms with Gasteiger partial charge in [0, 0.05) is 5.56 Å². The molecule has 0 aromatic heterocycles. The van der Waals surface area contributed by atoms with Gasteiger partial charge < -0.3 is 17.2 Å². The summed E-state index contributed by atoms with van der Waals surface area (Å²) in [5.74, 6) is 0. The molecule has 32 heavy (non-hydrogen) atoms. The Hall–Kier alpha value is -4.32. The SMILES string of the molecule is C.C.Nc1cccc(-c2ccccc2)c1N.Nc1cccc(-c2ccccc2)c1[N+](=O)[O-]. The van der Waals surface area contributed by atoms with E-state index in [-0.39, 0.29) is 26.2 Å². The normalized spacial score (nSPS) is 9.38. The summed E-state index contributed by atoms with van der Waals surface area (Å²) < 4.78 is 0. The van der Waals surface area contributed by atoms with E-state index in [1.807, 2.05) is 78.9 Å². The lowest BCUT2D eigenvalue weighted by molar-refractivity contribution is -0.383. The van der Waals surface area contributed by atoms with Gasteiger partial charge in [0.1, 0.15) is 5.69 Å². The lowest BCUT2D eigenvalue weighted by atomic mass is 10.0. The third-order valence-corrected chi connectivity index (χ3v) is 4.56. The molecule has 4 aromatic carbocycles. The summed E-state index contributed by atoms with van der Waals surface area (Å²) >= 11 is 0. The summed E-state index contributed by atoms with van der Waals surface area (Å²) in [4.78, 5) is 10.5. The largest absolute Gasteiger partial charge is 0.397 e. The second-order valence-electron chi connectivity index (χ2n) is 6.54. The molecule has 0 saturated heterocycles. The molecule has 4 aromatic rings. The molecule has 0 saturated carbocycles. The standard InChI is InChI=1S/C12H10N2O2.C12H12N2.2CH4/c13-11-8-4-7-10(12(11)14(15)16)9-5-2-1-3-6-9;13-11-8-4-7-10(12(11)14)9-5-2-1-3-6-9;;/h1-8H,13H2;1-8H,13-14H2;2*1H4. The van der Waals surface area contributed by atoms with Crippen LogP contribution in [0.5, 0.6) is 0 Å². The van der Waals surface area contributed by atoms with Gasteiger partial charge >= 0.3 is 0 Å². The summed E-state index contributed by atoms with van der Waals surface area (Å²) in [5, 5.41) is 10.9. The number of nitro groups is 1. The van der Waals surface area contributed by atoms with Crippen molar-refractivity contribution in [3.05, 3.63) is 107 Å². The smallest absolute Gasteiger partial charge is 0.299 e. The Morgan fingerprint density at radius 3 is 1.50 bits per heavy atom. The maximum absolute atomic E-state index is 10.9. The van der Waals surface area contributed by atoms with E-state index in [1.165, 1.54) is 6.07 Å². The lowest BCUT2D eigenvalue weighted by Gasteiger charge is -2.07. The fourth-order valence-corrected chi connectivity index (χ4v) is 3.07. The highest BCUT2D eigenvalue weighted by Crippen LogP contribution is 2.34. The maximum Gasteiger partial charge on any atom is 0.299 e. The van der Waals surface area contributed by atoms with Crippen LogP contribution in [0.2, 0.25) is 0 Å². The molecule has 0 aliphatic carbocycles.